The van der Waals surface area contributed by atoms with E-state index in [4.69, 9.17) is 5.73 Å². The maximum atomic E-state index is 12.6. The second-order valence-corrected chi connectivity index (χ2v) is 7.72. The Morgan fingerprint density at radius 2 is 1.90 bits per heavy atom. The Kier molecular flexibility index (Phi) is 5.06. The Morgan fingerprint density at radius 1 is 1.25 bits per heavy atom. The third kappa shape index (κ3) is 3.33. The first-order chi connectivity index (χ1) is 9.45. The summed E-state index contributed by atoms with van der Waals surface area (Å²) >= 11 is 3.28. The van der Waals surface area contributed by atoms with Crippen molar-refractivity contribution in [2.75, 3.05) is 38.5 Å². The van der Waals surface area contributed by atoms with Crippen LogP contribution in [0.4, 0.5) is 5.69 Å². The van der Waals surface area contributed by atoms with Gasteiger partial charge >= 0.3 is 0 Å². The van der Waals surface area contributed by atoms with Crippen LogP contribution in [0.1, 0.15) is 13.3 Å². The van der Waals surface area contributed by atoms with E-state index in [1.54, 1.807) is 22.5 Å². The van der Waals surface area contributed by atoms with Crippen molar-refractivity contribution >= 4 is 31.6 Å². The van der Waals surface area contributed by atoms with Crippen molar-refractivity contribution in [3.05, 3.63) is 22.7 Å². The van der Waals surface area contributed by atoms with Gasteiger partial charge in [0, 0.05) is 36.3 Å². The van der Waals surface area contributed by atoms with Gasteiger partial charge in [-0.05, 0) is 47.1 Å². The van der Waals surface area contributed by atoms with Gasteiger partial charge in [0.15, 0.2) is 0 Å². The van der Waals surface area contributed by atoms with Gasteiger partial charge in [0.05, 0.1) is 4.90 Å². The molecule has 7 heteroatoms. The molecule has 0 atom stereocenters. The average molecular weight is 362 g/mol. The highest BCUT2D eigenvalue weighted by molar-refractivity contribution is 9.10. The summed E-state index contributed by atoms with van der Waals surface area (Å²) in [5.74, 6) is 0. The van der Waals surface area contributed by atoms with Gasteiger partial charge in [0.2, 0.25) is 10.0 Å². The molecule has 0 unspecified atom stereocenters. The molecule has 0 aromatic heterocycles. The number of benzene rings is 1. The van der Waals surface area contributed by atoms with Crippen molar-refractivity contribution in [1.29, 1.82) is 0 Å². The number of rotatable bonds is 4. The van der Waals surface area contributed by atoms with E-state index in [0.29, 0.717) is 28.1 Å². The zero-order valence-corrected chi connectivity index (χ0v) is 14.0. The van der Waals surface area contributed by atoms with Crippen LogP contribution >= 0.6 is 15.9 Å². The fraction of sp³-hybridized carbons (Fsp3) is 0.538. The van der Waals surface area contributed by atoms with E-state index in [9.17, 15) is 8.42 Å². The molecule has 5 nitrogen and oxygen atoms in total. The van der Waals surface area contributed by atoms with Gasteiger partial charge in [-0.25, -0.2) is 8.42 Å². The summed E-state index contributed by atoms with van der Waals surface area (Å²) < 4.78 is 27.3. The van der Waals surface area contributed by atoms with Gasteiger partial charge in [-0.1, -0.05) is 6.92 Å². The molecule has 112 valence electrons. The second-order valence-electron chi connectivity index (χ2n) is 4.93. The Morgan fingerprint density at radius 3 is 2.45 bits per heavy atom. The summed E-state index contributed by atoms with van der Waals surface area (Å²) in [5, 5.41) is 0. The van der Waals surface area contributed by atoms with Gasteiger partial charge in [-0.2, -0.15) is 4.31 Å². The molecule has 2 rings (SSSR count). The molecule has 1 aromatic carbocycles. The first-order valence-corrected chi connectivity index (χ1v) is 8.96. The topological polar surface area (TPSA) is 66.6 Å². The molecule has 1 aliphatic rings. The largest absolute Gasteiger partial charge is 0.398 e. The lowest BCUT2D eigenvalue weighted by atomic mass is 10.3. The van der Waals surface area contributed by atoms with Crippen LogP contribution in [0.25, 0.3) is 0 Å². The van der Waals surface area contributed by atoms with Crippen molar-refractivity contribution in [2.45, 2.75) is 18.2 Å². The van der Waals surface area contributed by atoms with Gasteiger partial charge < -0.3 is 10.6 Å². The van der Waals surface area contributed by atoms with Crippen LogP contribution in [-0.2, 0) is 10.0 Å². The third-order valence-corrected chi connectivity index (χ3v) is 6.06. The lowest BCUT2D eigenvalue weighted by Crippen LogP contribution is -2.48. The number of anilines is 1. The summed E-state index contributed by atoms with van der Waals surface area (Å²) in [5.41, 5.74) is 6.24. The van der Waals surface area contributed by atoms with Crippen molar-refractivity contribution in [2.24, 2.45) is 0 Å². The molecule has 0 aliphatic carbocycles. The molecule has 1 aliphatic heterocycles. The number of nitrogens with zero attached hydrogens (tertiary/aromatic N) is 2. The van der Waals surface area contributed by atoms with Gasteiger partial charge in [0.25, 0.3) is 0 Å². The molecule has 0 bridgehead atoms. The molecule has 0 saturated carbocycles. The van der Waals surface area contributed by atoms with E-state index in [1.165, 1.54) is 0 Å². The number of nitrogen functional groups attached to an aromatic ring is 1. The number of hydrogen-bond donors (Lipinski definition) is 1. The monoisotopic (exact) mass is 361 g/mol. The number of halogens is 1. The molecule has 1 fully saturated rings. The molecule has 0 spiro atoms. The first-order valence-electron chi connectivity index (χ1n) is 6.72. The normalized spacial score (nSPS) is 18.3. The summed E-state index contributed by atoms with van der Waals surface area (Å²) in [6.45, 7) is 5.84. The number of sulfonamides is 1. The standard InChI is InChI=1S/C13H20BrN3O2S/c1-2-5-16-6-8-17(9-7-16)20(18,19)11-3-4-13(15)12(14)10-11/h3-4,10H,2,5-9,15H2,1H3. The van der Waals surface area contributed by atoms with Gasteiger partial charge in [0.1, 0.15) is 0 Å². The molecule has 2 N–H and O–H groups in total. The fourth-order valence-corrected chi connectivity index (χ4v) is 4.31. The molecule has 20 heavy (non-hydrogen) atoms. The van der Waals surface area contributed by atoms with E-state index < -0.39 is 10.0 Å². The van der Waals surface area contributed by atoms with Crippen LogP contribution in [0.5, 0.6) is 0 Å². The summed E-state index contributed by atoms with van der Waals surface area (Å²) in [4.78, 5) is 2.59. The number of nitrogens with two attached hydrogens (primary N) is 1. The van der Waals surface area contributed by atoms with Gasteiger partial charge in [-0.3, -0.25) is 0 Å². The van der Waals surface area contributed by atoms with E-state index in [2.05, 4.69) is 27.8 Å². The smallest absolute Gasteiger partial charge is 0.243 e. The Bertz CT molecular complexity index is 569. The summed E-state index contributed by atoms with van der Waals surface area (Å²) in [6, 6.07) is 4.75. The minimum atomic E-state index is -3.42. The molecule has 0 radical (unpaired) electrons. The molecular weight excluding hydrogens is 342 g/mol. The van der Waals surface area contributed by atoms with Gasteiger partial charge in [-0.15, -0.1) is 0 Å². The summed E-state index contributed by atoms with van der Waals surface area (Å²) in [7, 11) is -3.42. The molecule has 1 heterocycles. The Hall–Kier alpha value is -0.630. The van der Waals surface area contributed by atoms with Crippen LogP contribution in [0.15, 0.2) is 27.6 Å². The van der Waals surface area contributed by atoms with Crippen molar-refractivity contribution in [1.82, 2.24) is 9.21 Å². The number of piperazine rings is 1. The molecule has 1 saturated heterocycles. The fourth-order valence-electron chi connectivity index (χ4n) is 2.33. The predicted octanol–water partition coefficient (Wildman–Crippen LogP) is 1.75. The SMILES string of the molecule is CCCN1CCN(S(=O)(=O)c2ccc(N)c(Br)c2)CC1. The maximum Gasteiger partial charge on any atom is 0.243 e. The second kappa shape index (κ2) is 6.43. The lowest BCUT2D eigenvalue weighted by Gasteiger charge is -2.33. The van der Waals surface area contributed by atoms with Crippen molar-refractivity contribution < 1.29 is 8.42 Å². The minimum absolute atomic E-state index is 0.294. The van der Waals surface area contributed by atoms with Crippen LogP contribution in [0.3, 0.4) is 0 Å². The molecule has 1 aromatic rings. The predicted molar refractivity (Wildman–Crippen MR) is 84.0 cm³/mol. The van der Waals surface area contributed by atoms with Crippen LogP contribution < -0.4 is 5.73 Å². The van der Waals surface area contributed by atoms with Crippen molar-refractivity contribution in [3.8, 4) is 0 Å². The maximum absolute atomic E-state index is 12.6. The van der Waals surface area contributed by atoms with E-state index in [-0.39, 0.29) is 0 Å². The molecule has 0 amide bonds. The summed E-state index contributed by atoms with van der Waals surface area (Å²) in [6.07, 6.45) is 1.09. The van der Waals surface area contributed by atoms with Crippen LogP contribution in [0.2, 0.25) is 0 Å². The van der Waals surface area contributed by atoms with E-state index in [0.717, 1.165) is 26.1 Å². The molecular formula is C13H20BrN3O2S. The lowest BCUT2D eigenvalue weighted by molar-refractivity contribution is 0.188. The zero-order valence-electron chi connectivity index (χ0n) is 11.5. The first kappa shape index (κ1) is 15.8. The zero-order chi connectivity index (χ0) is 14.8. The quantitative estimate of drug-likeness (QED) is 0.829. The third-order valence-electron chi connectivity index (χ3n) is 3.48. The van der Waals surface area contributed by atoms with Crippen molar-refractivity contribution in [3.63, 3.8) is 0 Å². The minimum Gasteiger partial charge on any atom is -0.398 e. The van der Waals surface area contributed by atoms with E-state index in [1.807, 2.05) is 0 Å². The Labute approximate surface area is 128 Å². The van der Waals surface area contributed by atoms with E-state index >= 15 is 0 Å². The highest BCUT2D eigenvalue weighted by atomic mass is 79.9. The highest BCUT2D eigenvalue weighted by Gasteiger charge is 2.28. The highest BCUT2D eigenvalue weighted by Crippen LogP contribution is 2.25. The van der Waals surface area contributed by atoms with Crippen LogP contribution in [-0.4, -0.2) is 50.3 Å². The Balaban J connectivity index is 2.13. The van der Waals surface area contributed by atoms with Crippen LogP contribution in [0, 0.1) is 0 Å². The number of hydrogen-bond acceptors (Lipinski definition) is 4. The average Bonchev–Trinajstić information content (AvgIpc) is 2.43.